The van der Waals surface area contributed by atoms with Crippen LogP contribution < -0.4 is 10.2 Å². The zero-order valence-electron chi connectivity index (χ0n) is 13.0. The van der Waals surface area contributed by atoms with Gasteiger partial charge in [0.15, 0.2) is 0 Å². The van der Waals surface area contributed by atoms with Crippen molar-refractivity contribution in [3.8, 4) is 5.75 Å². The van der Waals surface area contributed by atoms with Crippen LogP contribution >= 0.6 is 0 Å². The van der Waals surface area contributed by atoms with E-state index in [0.29, 0.717) is 18.5 Å². The average molecular weight is 312 g/mol. The van der Waals surface area contributed by atoms with Crippen LogP contribution in [0.3, 0.4) is 0 Å². The maximum atomic E-state index is 12.1. The number of nitrogens with zero attached hydrogens (tertiary/aromatic N) is 1. The van der Waals surface area contributed by atoms with Gasteiger partial charge in [-0.1, -0.05) is 24.3 Å². The van der Waals surface area contributed by atoms with Crippen LogP contribution in [0.2, 0.25) is 0 Å². The largest absolute Gasteiger partial charge is 0.508 e. The van der Waals surface area contributed by atoms with Gasteiger partial charge in [0.1, 0.15) is 5.75 Å². The van der Waals surface area contributed by atoms with Crippen molar-refractivity contribution in [2.24, 2.45) is 0 Å². The van der Waals surface area contributed by atoms with Gasteiger partial charge >= 0.3 is 0 Å². The number of carbonyl (C=O) groups excluding carboxylic acids is 2. The van der Waals surface area contributed by atoms with E-state index in [9.17, 15) is 14.7 Å². The Hall–Kier alpha value is -2.82. The molecule has 0 atom stereocenters. The third kappa shape index (κ3) is 5.14. The molecule has 0 saturated carbocycles. The molecule has 0 bridgehead atoms. The molecule has 0 aromatic heterocycles. The Balaban J connectivity index is 1.76. The van der Waals surface area contributed by atoms with E-state index >= 15 is 0 Å². The van der Waals surface area contributed by atoms with E-state index in [4.69, 9.17) is 0 Å². The number of anilines is 2. The Labute approximate surface area is 135 Å². The zero-order chi connectivity index (χ0) is 16.7. The molecule has 2 rings (SSSR count). The van der Waals surface area contributed by atoms with Crippen LogP contribution in [0.1, 0.15) is 19.3 Å². The molecule has 0 heterocycles. The molecular formula is C18H20N2O3. The molecule has 0 aliphatic rings. The van der Waals surface area contributed by atoms with E-state index in [1.54, 1.807) is 24.1 Å². The van der Waals surface area contributed by atoms with Crippen LogP contribution in [0.15, 0.2) is 54.6 Å². The number of para-hydroxylation sites is 1. The normalized spacial score (nSPS) is 10.1. The van der Waals surface area contributed by atoms with E-state index in [2.05, 4.69) is 5.32 Å². The van der Waals surface area contributed by atoms with E-state index in [0.717, 1.165) is 5.69 Å². The molecular weight excluding hydrogens is 292 g/mol. The Morgan fingerprint density at radius 3 is 2.48 bits per heavy atom. The van der Waals surface area contributed by atoms with Gasteiger partial charge in [-0.25, -0.2) is 0 Å². The molecule has 0 aliphatic carbocycles. The molecule has 5 heteroatoms. The Morgan fingerprint density at radius 2 is 1.78 bits per heavy atom. The Bertz CT molecular complexity index is 671. The first kappa shape index (κ1) is 16.5. The fourth-order valence-corrected chi connectivity index (χ4v) is 2.17. The minimum absolute atomic E-state index is 0.0265. The lowest BCUT2D eigenvalue weighted by Crippen LogP contribution is -2.26. The molecule has 2 aromatic carbocycles. The number of hydrogen-bond donors (Lipinski definition) is 2. The summed E-state index contributed by atoms with van der Waals surface area (Å²) in [5.74, 6) is -0.102. The van der Waals surface area contributed by atoms with Crippen LogP contribution in [0.5, 0.6) is 5.75 Å². The second kappa shape index (κ2) is 7.98. The first-order valence-corrected chi connectivity index (χ1v) is 7.47. The summed E-state index contributed by atoms with van der Waals surface area (Å²) in [5.41, 5.74) is 1.38. The van der Waals surface area contributed by atoms with E-state index in [1.807, 2.05) is 30.3 Å². The summed E-state index contributed by atoms with van der Waals surface area (Å²) in [7, 11) is 1.73. The highest BCUT2D eigenvalue weighted by Gasteiger charge is 2.11. The number of nitrogens with one attached hydrogen (secondary N) is 1. The number of amides is 2. The molecule has 2 aromatic rings. The smallest absolute Gasteiger partial charge is 0.226 e. The van der Waals surface area contributed by atoms with Gasteiger partial charge in [0.2, 0.25) is 11.8 Å². The molecule has 5 nitrogen and oxygen atoms in total. The van der Waals surface area contributed by atoms with Gasteiger partial charge in [-0.2, -0.15) is 0 Å². The van der Waals surface area contributed by atoms with Crippen LogP contribution in [0, 0.1) is 0 Å². The minimum Gasteiger partial charge on any atom is -0.508 e. The third-order valence-electron chi connectivity index (χ3n) is 3.44. The summed E-state index contributed by atoms with van der Waals surface area (Å²) < 4.78 is 0. The van der Waals surface area contributed by atoms with Crippen LogP contribution in [0.4, 0.5) is 11.4 Å². The standard InChI is InChI=1S/C18H20N2O3/c1-20(15-8-3-2-4-9-15)18(23)12-6-11-17(22)19-14-7-5-10-16(21)13-14/h2-5,7-10,13,21H,6,11-12H2,1H3,(H,19,22). The second-order valence-electron chi connectivity index (χ2n) is 5.24. The molecule has 2 N–H and O–H groups in total. The SMILES string of the molecule is CN(C(=O)CCCC(=O)Nc1cccc(O)c1)c1ccccc1. The number of phenols is 1. The Kier molecular flexibility index (Phi) is 5.74. The van der Waals surface area contributed by atoms with E-state index < -0.39 is 0 Å². The molecule has 120 valence electrons. The van der Waals surface area contributed by atoms with Crippen LogP contribution in [0.25, 0.3) is 0 Å². The predicted octanol–water partition coefficient (Wildman–Crippen LogP) is 3.16. The van der Waals surface area contributed by atoms with Crippen molar-refractivity contribution in [1.29, 1.82) is 0 Å². The summed E-state index contributed by atoms with van der Waals surface area (Å²) in [6, 6.07) is 15.8. The summed E-state index contributed by atoms with van der Waals surface area (Å²) in [6.07, 6.45) is 1.03. The van der Waals surface area contributed by atoms with Crippen molar-refractivity contribution in [3.05, 3.63) is 54.6 Å². The maximum Gasteiger partial charge on any atom is 0.226 e. The molecule has 0 radical (unpaired) electrons. The van der Waals surface area contributed by atoms with Crippen molar-refractivity contribution in [1.82, 2.24) is 0 Å². The first-order valence-electron chi connectivity index (χ1n) is 7.47. The third-order valence-corrected chi connectivity index (χ3v) is 3.44. The average Bonchev–Trinajstić information content (AvgIpc) is 2.55. The van der Waals surface area contributed by atoms with Gasteiger partial charge in [0.05, 0.1) is 0 Å². The highest BCUT2D eigenvalue weighted by Crippen LogP contribution is 2.16. The lowest BCUT2D eigenvalue weighted by molar-refractivity contribution is -0.118. The number of hydrogen-bond acceptors (Lipinski definition) is 3. The number of rotatable bonds is 6. The zero-order valence-corrected chi connectivity index (χ0v) is 13.0. The van der Waals surface area contributed by atoms with Gasteiger partial charge in [0.25, 0.3) is 0 Å². The number of benzene rings is 2. The molecule has 0 spiro atoms. The molecule has 23 heavy (non-hydrogen) atoms. The topological polar surface area (TPSA) is 69.6 Å². The van der Waals surface area contributed by atoms with Crippen molar-refractivity contribution < 1.29 is 14.7 Å². The molecule has 0 fully saturated rings. The first-order chi connectivity index (χ1) is 11.1. The highest BCUT2D eigenvalue weighted by atomic mass is 16.3. The van der Waals surface area contributed by atoms with E-state index in [1.165, 1.54) is 12.1 Å². The summed E-state index contributed by atoms with van der Waals surface area (Å²) in [4.78, 5) is 25.5. The quantitative estimate of drug-likeness (QED) is 0.861. The molecule has 0 unspecified atom stereocenters. The van der Waals surface area contributed by atoms with Crippen molar-refractivity contribution in [2.45, 2.75) is 19.3 Å². The highest BCUT2D eigenvalue weighted by molar-refractivity contribution is 5.94. The maximum absolute atomic E-state index is 12.1. The summed E-state index contributed by atoms with van der Waals surface area (Å²) in [5, 5.41) is 12.0. The fourth-order valence-electron chi connectivity index (χ4n) is 2.17. The lowest BCUT2D eigenvalue weighted by Gasteiger charge is -2.17. The molecule has 2 amide bonds. The van der Waals surface area contributed by atoms with Crippen molar-refractivity contribution in [3.63, 3.8) is 0 Å². The van der Waals surface area contributed by atoms with Crippen LogP contribution in [-0.4, -0.2) is 24.0 Å². The monoisotopic (exact) mass is 312 g/mol. The van der Waals surface area contributed by atoms with Gasteiger partial charge in [0, 0.05) is 37.3 Å². The number of aromatic hydroxyl groups is 1. The Morgan fingerprint density at radius 1 is 1.04 bits per heavy atom. The van der Waals surface area contributed by atoms with Gasteiger partial charge < -0.3 is 15.3 Å². The summed E-state index contributed by atoms with van der Waals surface area (Å²) in [6.45, 7) is 0. The lowest BCUT2D eigenvalue weighted by atomic mass is 10.2. The molecule has 0 saturated heterocycles. The minimum atomic E-state index is -0.175. The second-order valence-corrected chi connectivity index (χ2v) is 5.24. The molecule has 0 aliphatic heterocycles. The van der Waals surface area contributed by atoms with Crippen molar-refractivity contribution in [2.75, 3.05) is 17.3 Å². The van der Waals surface area contributed by atoms with Crippen LogP contribution in [-0.2, 0) is 9.59 Å². The van der Waals surface area contributed by atoms with Gasteiger partial charge in [-0.3, -0.25) is 9.59 Å². The van der Waals surface area contributed by atoms with Gasteiger partial charge in [-0.15, -0.1) is 0 Å². The van der Waals surface area contributed by atoms with Gasteiger partial charge in [-0.05, 0) is 30.7 Å². The number of carbonyl (C=O) groups is 2. The predicted molar refractivity (Wildman–Crippen MR) is 90.4 cm³/mol. The number of phenolic OH excluding ortho intramolecular Hbond substituents is 1. The van der Waals surface area contributed by atoms with E-state index in [-0.39, 0.29) is 24.0 Å². The summed E-state index contributed by atoms with van der Waals surface area (Å²) >= 11 is 0. The van der Waals surface area contributed by atoms with Crippen molar-refractivity contribution >= 4 is 23.2 Å². The fraction of sp³-hybridized carbons (Fsp3) is 0.222.